The van der Waals surface area contributed by atoms with Crippen LogP contribution in [0, 0.1) is 0 Å². The van der Waals surface area contributed by atoms with E-state index in [2.05, 4.69) is 0 Å². The molecule has 0 bridgehead atoms. The van der Waals surface area contributed by atoms with Crippen molar-refractivity contribution in [1.29, 1.82) is 0 Å². The monoisotopic (exact) mass is 326 g/mol. The number of aliphatic hydroxyl groups is 6. The molecule has 130 valence electrons. The van der Waals surface area contributed by atoms with Crippen molar-refractivity contribution >= 4 is 0 Å². The Morgan fingerprint density at radius 1 is 0.955 bits per heavy atom. The highest BCUT2D eigenvalue weighted by Gasteiger charge is 2.48. The van der Waals surface area contributed by atoms with E-state index in [-0.39, 0.29) is 6.61 Å². The van der Waals surface area contributed by atoms with Gasteiger partial charge in [-0.1, -0.05) is 0 Å². The largest absolute Gasteiger partial charge is 0.394 e. The maximum Gasteiger partial charge on any atom is 0.187 e. The van der Waals surface area contributed by atoms with Gasteiger partial charge in [-0.15, -0.1) is 0 Å². The average Bonchev–Trinajstić information content (AvgIpc) is 2.51. The third-order valence-corrected chi connectivity index (χ3v) is 3.80. The zero-order valence-corrected chi connectivity index (χ0v) is 11.9. The molecule has 0 aromatic carbocycles. The van der Waals surface area contributed by atoms with Crippen molar-refractivity contribution in [3.8, 4) is 0 Å². The van der Waals surface area contributed by atoms with Gasteiger partial charge in [0.05, 0.1) is 13.2 Å². The van der Waals surface area contributed by atoms with Crippen molar-refractivity contribution < 1.29 is 49.6 Å². The van der Waals surface area contributed by atoms with Crippen LogP contribution in [-0.4, -0.2) is 106 Å². The lowest BCUT2D eigenvalue weighted by molar-refractivity contribution is -0.347. The van der Waals surface area contributed by atoms with Gasteiger partial charge in [-0.2, -0.15) is 0 Å². The van der Waals surface area contributed by atoms with Crippen molar-refractivity contribution in [2.24, 2.45) is 0 Å². The minimum Gasteiger partial charge on any atom is -0.394 e. The smallest absolute Gasteiger partial charge is 0.187 e. The first-order valence-electron chi connectivity index (χ1n) is 6.87. The molecular formula is C12H22O10. The highest BCUT2D eigenvalue weighted by molar-refractivity contribution is 4.91. The molecule has 0 aliphatic carbocycles. The zero-order valence-electron chi connectivity index (χ0n) is 11.9. The zero-order chi connectivity index (χ0) is 16.4. The molecule has 2 saturated heterocycles. The summed E-state index contributed by atoms with van der Waals surface area (Å²) in [5.41, 5.74) is 0. The maximum atomic E-state index is 10.0. The van der Waals surface area contributed by atoms with Gasteiger partial charge in [0.25, 0.3) is 0 Å². The predicted octanol–water partition coefficient (Wildman–Crippen LogP) is -4.10. The van der Waals surface area contributed by atoms with E-state index in [1.165, 1.54) is 7.11 Å². The van der Waals surface area contributed by atoms with E-state index in [9.17, 15) is 25.5 Å². The fourth-order valence-electron chi connectivity index (χ4n) is 2.48. The van der Waals surface area contributed by atoms with Crippen LogP contribution in [-0.2, 0) is 18.9 Å². The van der Waals surface area contributed by atoms with Crippen LogP contribution in [0.1, 0.15) is 0 Å². The summed E-state index contributed by atoms with van der Waals surface area (Å²) in [6.07, 6.45) is -12.2. The molecule has 2 heterocycles. The average molecular weight is 326 g/mol. The van der Waals surface area contributed by atoms with Gasteiger partial charge in [0.1, 0.15) is 42.7 Å². The lowest BCUT2D eigenvalue weighted by Crippen LogP contribution is -2.62. The minimum absolute atomic E-state index is 0.169. The first-order valence-corrected chi connectivity index (χ1v) is 6.87. The summed E-state index contributed by atoms with van der Waals surface area (Å²) in [6, 6.07) is 0. The topological polar surface area (TPSA) is 158 Å². The third-order valence-electron chi connectivity index (χ3n) is 3.80. The van der Waals surface area contributed by atoms with E-state index in [1.54, 1.807) is 0 Å². The van der Waals surface area contributed by atoms with Gasteiger partial charge in [-0.25, -0.2) is 0 Å². The molecule has 0 aromatic heterocycles. The van der Waals surface area contributed by atoms with Crippen LogP contribution < -0.4 is 0 Å². The van der Waals surface area contributed by atoms with E-state index in [0.717, 1.165) is 0 Å². The van der Waals surface area contributed by atoms with Crippen molar-refractivity contribution in [2.75, 3.05) is 20.3 Å². The van der Waals surface area contributed by atoms with Gasteiger partial charge < -0.3 is 49.6 Å². The number of hydrogen-bond donors (Lipinski definition) is 6. The second-order valence-electron chi connectivity index (χ2n) is 5.29. The van der Waals surface area contributed by atoms with Gasteiger partial charge in [-0.05, 0) is 0 Å². The minimum atomic E-state index is -1.62. The Morgan fingerprint density at radius 3 is 2.23 bits per heavy atom. The first-order chi connectivity index (χ1) is 10.4. The maximum absolute atomic E-state index is 10.0. The molecule has 0 aromatic rings. The summed E-state index contributed by atoms with van der Waals surface area (Å²) in [7, 11) is 1.30. The molecule has 0 spiro atoms. The molecule has 22 heavy (non-hydrogen) atoms. The van der Waals surface area contributed by atoms with Crippen molar-refractivity contribution in [3.63, 3.8) is 0 Å². The number of hydrogen-bond acceptors (Lipinski definition) is 10. The number of aliphatic hydroxyl groups excluding tert-OH is 6. The van der Waals surface area contributed by atoms with E-state index in [0.29, 0.717) is 0 Å². The lowest BCUT2D eigenvalue weighted by atomic mass is 9.98. The summed E-state index contributed by atoms with van der Waals surface area (Å²) in [5, 5.41) is 58.2. The molecule has 0 amide bonds. The van der Waals surface area contributed by atoms with E-state index in [4.69, 9.17) is 24.1 Å². The molecule has 3 unspecified atom stereocenters. The number of ether oxygens (including phenoxy) is 4. The van der Waals surface area contributed by atoms with Crippen LogP contribution in [0.4, 0.5) is 0 Å². The molecular weight excluding hydrogens is 304 g/mol. The summed E-state index contributed by atoms with van der Waals surface area (Å²) >= 11 is 0. The molecule has 10 nitrogen and oxygen atoms in total. The van der Waals surface area contributed by atoms with Crippen LogP contribution in [0.3, 0.4) is 0 Å². The Kier molecular flexibility index (Phi) is 6.07. The van der Waals surface area contributed by atoms with Crippen molar-refractivity contribution in [1.82, 2.24) is 0 Å². The van der Waals surface area contributed by atoms with Crippen LogP contribution >= 0.6 is 0 Å². The third kappa shape index (κ3) is 3.41. The molecule has 0 saturated carbocycles. The molecule has 2 aliphatic heterocycles. The van der Waals surface area contributed by atoms with E-state index >= 15 is 0 Å². The Bertz CT molecular complexity index is 353. The quantitative estimate of drug-likeness (QED) is 0.300. The Morgan fingerprint density at radius 2 is 1.64 bits per heavy atom. The van der Waals surface area contributed by atoms with Crippen molar-refractivity contribution in [2.45, 2.75) is 55.3 Å². The SMILES string of the molecule is CO[C@@H]1OC[C@H](O)C(O[C@H]2OC(CO)[C@H](O)[C@H](O)C2O)[C@@H]1O. The van der Waals surface area contributed by atoms with Crippen LogP contribution in [0.5, 0.6) is 0 Å². The Balaban J connectivity index is 2.07. The highest BCUT2D eigenvalue weighted by Crippen LogP contribution is 2.27. The van der Waals surface area contributed by atoms with Crippen LogP contribution in [0.2, 0.25) is 0 Å². The second kappa shape index (κ2) is 7.45. The van der Waals surface area contributed by atoms with Gasteiger partial charge in [-0.3, -0.25) is 0 Å². The molecule has 0 radical (unpaired) electrons. The second-order valence-corrected chi connectivity index (χ2v) is 5.29. The van der Waals surface area contributed by atoms with Crippen LogP contribution in [0.15, 0.2) is 0 Å². The normalized spacial score (nSPS) is 50.0. The highest BCUT2D eigenvalue weighted by atomic mass is 16.7. The summed E-state index contributed by atoms with van der Waals surface area (Å²) < 4.78 is 20.4. The van der Waals surface area contributed by atoms with Crippen LogP contribution in [0.25, 0.3) is 0 Å². The number of rotatable bonds is 4. The molecule has 6 N–H and O–H groups in total. The van der Waals surface area contributed by atoms with Gasteiger partial charge in [0, 0.05) is 7.11 Å². The van der Waals surface area contributed by atoms with Crippen molar-refractivity contribution in [3.05, 3.63) is 0 Å². The number of methoxy groups -OCH3 is 1. The van der Waals surface area contributed by atoms with Gasteiger partial charge in [0.15, 0.2) is 12.6 Å². The Hall–Kier alpha value is -0.400. The summed E-state index contributed by atoms with van der Waals surface area (Å²) in [6.45, 7) is -0.776. The molecule has 9 atom stereocenters. The summed E-state index contributed by atoms with van der Waals surface area (Å²) in [5.74, 6) is 0. The van der Waals surface area contributed by atoms with E-state index in [1.807, 2.05) is 0 Å². The summed E-state index contributed by atoms with van der Waals surface area (Å²) in [4.78, 5) is 0. The molecule has 2 aliphatic rings. The Labute approximate surface area is 126 Å². The first kappa shape index (κ1) is 17.9. The van der Waals surface area contributed by atoms with E-state index < -0.39 is 61.9 Å². The fourth-order valence-corrected chi connectivity index (χ4v) is 2.48. The molecule has 10 heteroatoms. The lowest BCUT2D eigenvalue weighted by Gasteiger charge is -2.43. The molecule has 2 rings (SSSR count). The van der Waals surface area contributed by atoms with Gasteiger partial charge >= 0.3 is 0 Å². The fraction of sp³-hybridized carbons (Fsp3) is 1.00. The van der Waals surface area contributed by atoms with Gasteiger partial charge in [0.2, 0.25) is 0 Å². The predicted molar refractivity (Wildman–Crippen MR) is 67.4 cm³/mol. The standard InChI is InChI=1S/C12H22O10/c1-19-11-9(18)10(4(14)3-20-11)22-12-8(17)7(16)6(15)5(2-13)21-12/h4-18H,2-3H2,1H3/t4-,5?,6-,7-,8?,9-,10?,11+,12+/m0/s1. The molecule has 2 fully saturated rings.